The number of amides is 1. The Kier molecular flexibility index (Phi) is 10.5. The van der Waals surface area contributed by atoms with Gasteiger partial charge in [-0.25, -0.2) is 9.97 Å². The fourth-order valence-electron chi connectivity index (χ4n) is 4.85. The molecule has 1 aromatic heterocycles. The van der Waals surface area contributed by atoms with Gasteiger partial charge in [0, 0.05) is 35.4 Å². The van der Waals surface area contributed by atoms with Crippen molar-refractivity contribution in [2.45, 2.75) is 32.2 Å². The van der Waals surface area contributed by atoms with Crippen molar-refractivity contribution in [2.75, 3.05) is 18.3 Å². The molecule has 0 saturated carbocycles. The summed E-state index contributed by atoms with van der Waals surface area (Å²) in [6.07, 6.45) is 2.57. The molecule has 0 bridgehead atoms. The first-order valence-corrected chi connectivity index (χ1v) is 14.5. The highest BCUT2D eigenvalue weighted by Gasteiger charge is 2.45. The number of rotatable bonds is 13. The molecule has 0 radical (unpaired) electrons. The maximum absolute atomic E-state index is 14.3. The molecule has 216 valence electrons. The molecule has 0 fully saturated rings. The van der Waals surface area contributed by atoms with E-state index >= 15 is 0 Å². The van der Waals surface area contributed by atoms with Crippen LogP contribution in [0, 0.1) is 6.92 Å². The molecule has 8 nitrogen and oxygen atoms in total. The van der Waals surface area contributed by atoms with Gasteiger partial charge in [0.25, 0.3) is 0 Å². The molecule has 0 unspecified atom stereocenters. The predicted molar refractivity (Wildman–Crippen MR) is 165 cm³/mol. The minimum absolute atomic E-state index is 0.0256. The fraction of sp³-hybridized carbons (Fsp3) is 0.212. The van der Waals surface area contributed by atoms with Gasteiger partial charge in [-0.1, -0.05) is 103 Å². The summed E-state index contributed by atoms with van der Waals surface area (Å²) in [5.41, 5.74) is 8.39. The highest BCUT2D eigenvalue weighted by Crippen LogP contribution is 2.41. The summed E-state index contributed by atoms with van der Waals surface area (Å²) in [4.78, 5) is 36.9. The van der Waals surface area contributed by atoms with Gasteiger partial charge in [-0.15, -0.1) is 0 Å². The third-order valence-electron chi connectivity index (χ3n) is 7.01. The number of nitrogens with zero attached hydrogens (tertiary/aromatic N) is 3. The van der Waals surface area contributed by atoms with E-state index in [-0.39, 0.29) is 25.5 Å². The Morgan fingerprint density at radius 2 is 1.50 bits per heavy atom. The van der Waals surface area contributed by atoms with Gasteiger partial charge >= 0.3 is 5.97 Å². The molecule has 0 spiro atoms. The number of benzene rings is 3. The molecule has 3 aromatic carbocycles. The molecule has 0 aliphatic heterocycles. The van der Waals surface area contributed by atoms with E-state index in [2.05, 4.69) is 9.97 Å². The first kappa shape index (κ1) is 30.5. The summed E-state index contributed by atoms with van der Waals surface area (Å²) < 4.78 is 6.02. The average Bonchev–Trinajstić information content (AvgIpc) is 3.02. The van der Waals surface area contributed by atoms with E-state index in [0.717, 1.165) is 16.7 Å². The van der Waals surface area contributed by atoms with Crippen LogP contribution >= 0.6 is 11.8 Å². The molecule has 42 heavy (non-hydrogen) atoms. The normalized spacial score (nSPS) is 11.9. The molecule has 0 aliphatic carbocycles. The van der Waals surface area contributed by atoms with Crippen molar-refractivity contribution < 1.29 is 19.4 Å². The van der Waals surface area contributed by atoms with Gasteiger partial charge in [0.15, 0.2) is 0 Å². The number of carbonyl (C=O) groups is 2. The maximum Gasteiger partial charge on any atom is 0.326 e. The van der Waals surface area contributed by atoms with Crippen LogP contribution in [0.3, 0.4) is 0 Å². The molecule has 4 aromatic rings. The third-order valence-corrected chi connectivity index (χ3v) is 8.09. The zero-order chi connectivity index (χ0) is 30.0. The lowest BCUT2D eigenvalue weighted by Crippen LogP contribution is -2.40. The molecule has 1 amide bonds. The number of esters is 1. The van der Waals surface area contributed by atoms with Crippen LogP contribution in [0.2, 0.25) is 0 Å². The molecule has 4 rings (SSSR count). The van der Waals surface area contributed by atoms with Crippen molar-refractivity contribution >= 4 is 30.0 Å². The van der Waals surface area contributed by atoms with E-state index in [1.165, 1.54) is 16.7 Å². The van der Waals surface area contributed by atoms with E-state index in [0.29, 0.717) is 34.2 Å². The molecule has 1 heterocycles. The number of nitrogen functional groups attached to an aromatic ring is 1. The number of aliphatic hydroxyl groups excluding tert-OH is 1. The molecule has 9 heteroatoms. The standard InChI is InChI=1S/C33H34N4O4S/c1-24(37(22-39)21-26-20-35-25(2)36-31(26)34)30(18-19-38)42-23-41-32(40)33(27-12-6-3-7-13-27,28-14-8-4-9-15-28)29-16-10-5-11-17-29/h3-17,20,22,38H,18-19,21,23H2,1-2H3,(H2,34,35,36). The molecule has 0 saturated heterocycles. The van der Waals surface area contributed by atoms with Crippen LogP contribution in [0.5, 0.6) is 0 Å². The average molecular weight is 583 g/mol. The van der Waals surface area contributed by atoms with Crippen molar-refractivity contribution in [3.8, 4) is 0 Å². The molecular weight excluding hydrogens is 548 g/mol. The third kappa shape index (κ3) is 6.70. The second kappa shape index (κ2) is 14.4. The highest BCUT2D eigenvalue weighted by molar-refractivity contribution is 8.02. The van der Waals surface area contributed by atoms with Gasteiger partial charge in [0.1, 0.15) is 23.0 Å². The first-order chi connectivity index (χ1) is 20.4. The van der Waals surface area contributed by atoms with Crippen molar-refractivity contribution in [1.29, 1.82) is 0 Å². The lowest BCUT2D eigenvalue weighted by Gasteiger charge is -2.33. The monoisotopic (exact) mass is 582 g/mol. The highest BCUT2D eigenvalue weighted by atomic mass is 32.2. The predicted octanol–water partition coefficient (Wildman–Crippen LogP) is 5.21. The van der Waals surface area contributed by atoms with Gasteiger partial charge in [0.2, 0.25) is 6.41 Å². The molecule has 0 aliphatic rings. The van der Waals surface area contributed by atoms with E-state index in [1.807, 2.05) is 91.0 Å². The van der Waals surface area contributed by atoms with Gasteiger partial charge in [-0.3, -0.25) is 9.59 Å². The molecule has 3 N–H and O–H groups in total. The van der Waals surface area contributed by atoms with Crippen molar-refractivity contribution in [2.24, 2.45) is 0 Å². The summed E-state index contributed by atoms with van der Waals surface area (Å²) in [7, 11) is 0. The Balaban J connectivity index is 1.64. The minimum atomic E-state index is -1.21. The largest absolute Gasteiger partial charge is 0.453 e. The lowest BCUT2D eigenvalue weighted by atomic mass is 9.69. The van der Waals surface area contributed by atoms with Gasteiger partial charge in [-0.2, -0.15) is 0 Å². The Hall–Kier alpha value is -4.47. The van der Waals surface area contributed by atoms with Crippen LogP contribution in [-0.4, -0.2) is 44.9 Å². The molecular formula is C33H34N4O4S. The number of allylic oxidation sites excluding steroid dienone is 1. The van der Waals surface area contributed by atoms with Crippen LogP contribution in [-0.2, 0) is 26.3 Å². The quantitative estimate of drug-likeness (QED) is 0.0955. The van der Waals surface area contributed by atoms with Crippen LogP contribution in [0.4, 0.5) is 5.82 Å². The number of hydrogen-bond donors (Lipinski definition) is 2. The number of hydrogen-bond acceptors (Lipinski definition) is 8. The number of aryl methyl sites for hydroxylation is 1. The van der Waals surface area contributed by atoms with Crippen LogP contribution in [0.15, 0.2) is 108 Å². The second-order valence-electron chi connectivity index (χ2n) is 9.59. The van der Waals surface area contributed by atoms with E-state index in [4.69, 9.17) is 10.5 Å². The summed E-state index contributed by atoms with van der Waals surface area (Å²) >= 11 is 1.26. The summed E-state index contributed by atoms with van der Waals surface area (Å²) in [5, 5.41) is 9.79. The number of carbonyl (C=O) groups excluding carboxylic acids is 2. The zero-order valence-corrected chi connectivity index (χ0v) is 24.5. The van der Waals surface area contributed by atoms with E-state index in [9.17, 15) is 14.7 Å². The number of thioether (sulfide) groups is 1. The van der Waals surface area contributed by atoms with E-state index < -0.39 is 11.4 Å². The smallest absolute Gasteiger partial charge is 0.326 e. The van der Waals surface area contributed by atoms with E-state index in [1.54, 1.807) is 20.0 Å². The fourth-order valence-corrected chi connectivity index (χ4v) is 5.72. The lowest BCUT2D eigenvalue weighted by molar-refractivity contribution is -0.145. The summed E-state index contributed by atoms with van der Waals surface area (Å²) in [6.45, 7) is 3.54. The molecule has 0 atom stereocenters. The van der Waals surface area contributed by atoms with Crippen LogP contribution < -0.4 is 5.73 Å². The zero-order valence-electron chi connectivity index (χ0n) is 23.6. The summed E-state index contributed by atoms with van der Waals surface area (Å²) in [6, 6.07) is 28.7. The summed E-state index contributed by atoms with van der Waals surface area (Å²) in [5.74, 6) is 0.377. The Morgan fingerprint density at radius 1 is 0.976 bits per heavy atom. The number of ether oxygens (including phenoxy) is 1. The Bertz CT molecular complexity index is 1420. The maximum atomic E-state index is 14.3. The number of aromatic nitrogens is 2. The minimum Gasteiger partial charge on any atom is -0.453 e. The second-order valence-corrected chi connectivity index (χ2v) is 10.6. The van der Waals surface area contributed by atoms with Crippen LogP contribution in [0.25, 0.3) is 0 Å². The Morgan fingerprint density at radius 3 is 1.95 bits per heavy atom. The van der Waals surface area contributed by atoms with Gasteiger partial charge < -0.3 is 20.5 Å². The number of nitrogens with two attached hydrogens (primary N) is 1. The topological polar surface area (TPSA) is 119 Å². The SMILES string of the molecule is CC(=C(CCO)SCOC(=O)C(c1ccccc1)(c1ccccc1)c1ccccc1)N(C=O)Cc1cnc(C)nc1N. The van der Waals surface area contributed by atoms with Crippen molar-refractivity contribution in [3.63, 3.8) is 0 Å². The first-order valence-electron chi connectivity index (χ1n) is 13.5. The Labute approximate surface area is 250 Å². The van der Waals surface area contributed by atoms with Crippen molar-refractivity contribution in [1.82, 2.24) is 14.9 Å². The van der Waals surface area contributed by atoms with Crippen LogP contribution in [0.1, 0.15) is 41.4 Å². The number of aliphatic hydroxyl groups is 1. The van der Waals surface area contributed by atoms with Gasteiger partial charge in [-0.05, 0) is 30.5 Å². The number of anilines is 1. The van der Waals surface area contributed by atoms with Crippen molar-refractivity contribution in [3.05, 3.63) is 136 Å². The van der Waals surface area contributed by atoms with Gasteiger partial charge in [0.05, 0.1) is 6.54 Å².